The first-order valence-electron chi connectivity index (χ1n) is 10.1. The average Bonchev–Trinajstić information content (AvgIpc) is 3.10. The molecule has 1 aliphatic rings. The van der Waals surface area contributed by atoms with Crippen molar-refractivity contribution < 1.29 is 14.3 Å². The third-order valence-corrected chi connectivity index (χ3v) is 7.04. The van der Waals surface area contributed by atoms with Crippen molar-refractivity contribution in [2.24, 2.45) is 4.99 Å². The molecule has 0 fully saturated rings. The van der Waals surface area contributed by atoms with Crippen molar-refractivity contribution in [1.29, 1.82) is 0 Å². The zero-order valence-electron chi connectivity index (χ0n) is 18.1. The Labute approximate surface area is 204 Å². The molecule has 1 atom stereocenters. The molecule has 0 N–H and O–H groups in total. The molecule has 0 unspecified atom stereocenters. The lowest BCUT2D eigenvalue weighted by atomic mass is 9.95. The van der Waals surface area contributed by atoms with Gasteiger partial charge in [-0.1, -0.05) is 64.9 Å². The quantitative estimate of drug-likeness (QED) is 0.492. The third-order valence-electron chi connectivity index (χ3n) is 5.22. The first kappa shape index (κ1) is 23.3. The monoisotopic (exact) mass is 502 g/mol. The fourth-order valence-electron chi connectivity index (χ4n) is 3.75. The smallest absolute Gasteiger partial charge is 0.338 e. The average molecular weight is 503 g/mol. The lowest BCUT2D eigenvalue weighted by Gasteiger charge is -2.25. The number of allylic oxidation sites excluding steroid dienone is 1. The summed E-state index contributed by atoms with van der Waals surface area (Å²) < 4.78 is 12.8. The molecule has 9 heteroatoms. The number of thiazole rings is 1. The Hall–Kier alpha value is -2.87. The number of esters is 1. The number of hydrogen-bond donors (Lipinski definition) is 0. The highest BCUT2D eigenvalue weighted by Crippen LogP contribution is 2.35. The van der Waals surface area contributed by atoms with E-state index < -0.39 is 12.0 Å². The predicted octanol–water partition coefficient (Wildman–Crippen LogP) is 4.11. The third kappa shape index (κ3) is 4.24. The van der Waals surface area contributed by atoms with Crippen LogP contribution in [-0.2, 0) is 9.53 Å². The van der Waals surface area contributed by atoms with E-state index in [1.165, 1.54) is 15.9 Å². The van der Waals surface area contributed by atoms with Crippen LogP contribution in [0.25, 0.3) is 6.08 Å². The second kappa shape index (κ2) is 9.55. The number of methoxy groups -OCH3 is 1. The summed E-state index contributed by atoms with van der Waals surface area (Å²) in [4.78, 5) is 31.6. The summed E-state index contributed by atoms with van der Waals surface area (Å²) in [5.41, 5.74) is 1.74. The molecule has 170 valence electrons. The van der Waals surface area contributed by atoms with Gasteiger partial charge in [-0.3, -0.25) is 9.36 Å². The molecule has 0 amide bonds. The second-order valence-corrected chi connectivity index (χ2v) is 8.98. The summed E-state index contributed by atoms with van der Waals surface area (Å²) in [6.07, 6.45) is 1.68. The molecular formula is C24H20Cl2N2O4S. The van der Waals surface area contributed by atoms with Crippen LogP contribution in [0.2, 0.25) is 10.0 Å². The van der Waals surface area contributed by atoms with Gasteiger partial charge in [0.1, 0.15) is 11.8 Å². The summed E-state index contributed by atoms with van der Waals surface area (Å²) in [6, 6.07) is 11.7. The number of hydrogen-bond acceptors (Lipinski definition) is 6. The van der Waals surface area contributed by atoms with Gasteiger partial charge in [0.25, 0.3) is 5.56 Å². The number of ether oxygens (including phenoxy) is 2. The second-order valence-electron chi connectivity index (χ2n) is 7.19. The highest BCUT2D eigenvalue weighted by atomic mass is 35.5. The zero-order valence-corrected chi connectivity index (χ0v) is 20.4. The number of para-hydroxylation sites is 1. The van der Waals surface area contributed by atoms with Crippen LogP contribution in [0.1, 0.15) is 31.0 Å². The van der Waals surface area contributed by atoms with Crippen LogP contribution >= 0.6 is 34.5 Å². The molecule has 0 bridgehead atoms. The van der Waals surface area contributed by atoms with Gasteiger partial charge < -0.3 is 9.47 Å². The number of nitrogens with zero attached hydrogens (tertiary/aromatic N) is 2. The van der Waals surface area contributed by atoms with Crippen LogP contribution in [-0.4, -0.2) is 24.3 Å². The number of rotatable bonds is 5. The largest absolute Gasteiger partial charge is 0.496 e. The molecule has 6 nitrogen and oxygen atoms in total. The predicted molar refractivity (Wildman–Crippen MR) is 130 cm³/mol. The Kier molecular flexibility index (Phi) is 6.74. The van der Waals surface area contributed by atoms with Gasteiger partial charge in [0.15, 0.2) is 4.80 Å². The van der Waals surface area contributed by atoms with E-state index in [0.29, 0.717) is 47.5 Å². The maximum atomic E-state index is 13.6. The first-order valence-corrected chi connectivity index (χ1v) is 11.7. The number of aromatic nitrogens is 1. The summed E-state index contributed by atoms with van der Waals surface area (Å²) >= 11 is 13.7. The van der Waals surface area contributed by atoms with Crippen LogP contribution < -0.4 is 19.6 Å². The first-order chi connectivity index (χ1) is 15.9. The van der Waals surface area contributed by atoms with E-state index in [1.54, 1.807) is 51.3 Å². The molecule has 0 saturated heterocycles. The highest BCUT2D eigenvalue weighted by Gasteiger charge is 2.34. The van der Waals surface area contributed by atoms with Crippen LogP contribution in [0.3, 0.4) is 0 Å². The summed E-state index contributed by atoms with van der Waals surface area (Å²) in [5.74, 6) is 0.0216. The fourth-order valence-corrected chi connectivity index (χ4v) is 5.15. The van der Waals surface area contributed by atoms with Crippen molar-refractivity contribution in [3.8, 4) is 5.75 Å². The maximum absolute atomic E-state index is 13.6. The summed E-state index contributed by atoms with van der Waals surface area (Å²) in [7, 11) is 1.55. The number of benzene rings is 2. The Morgan fingerprint density at radius 3 is 2.70 bits per heavy atom. The minimum atomic E-state index is -0.756. The Morgan fingerprint density at radius 2 is 1.97 bits per heavy atom. The van der Waals surface area contributed by atoms with Gasteiger partial charge in [0.05, 0.1) is 39.6 Å². The van der Waals surface area contributed by atoms with E-state index in [-0.39, 0.29) is 12.2 Å². The molecule has 0 radical (unpaired) electrons. The van der Waals surface area contributed by atoms with Gasteiger partial charge in [0.2, 0.25) is 0 Å². The number of carbonyl (C=O) groups is 1. The molecule has 33 heavy (non-hydrogen) atoms. The van der Waals surface area contributed by atoms with Crippen molar-refractivity contribution in [3.05, 3.63) is 94.6 Å². The lowest BCUT2D eigenvalue weighted by molar-refractivity contribution is -0.139. The van der Waals surface area contributed by atoms with E-state index in [2.05, 4.69) is 4.99 Å². The number of carbonyl (C=O) groups excluding carboxylic acids is 1. The fraction of sp³-hybridized carbons (Fsp3) is 0.208. The van der Waals surface area contributed by atoms with Crippen LogP contribution in [0.15, 0.2) is 63.5 Å². The topological polar surface area (TPSA) is 69.9 Å². The SMILES string of the molecule is CCOC(=O)C1=C(C)N=c2s/c(=C/c3cccc(Cl)c3Cl)c(=O)n2[C@H]1c1ccccc1OC. The normalized spacial score (nSPS) is 15.8. The van der Waals surface area contributed by atoms with Crippen LogP contribution in [0, 0.1) is 0 Å². The van der Waals surface area contributed by atoms with Gasteiger partial charge in [-0.2, -0.15) is 0 Å². The Balaban J connectivity index is 2.01. The van der Waals surface area contributed by atoms with Gasteiger partial charge in [-0.05, 0) is 37.6 Å². The van der Waals surface area contributed by atoms with Crippen molar-refractivity contribution in [2.75, 3.05) is 13.7 Å². The van der Waals surface area contributed by atoms with Crippen LogP contribution in [0.4, 0.5) is 0 Å². The molecule has 1 aliphatic heterocycles. The molecule has 0 spiro atoms. The summed E-state index contributed by atoms with van der Waals surface area (Å²) in [5, 5.41) is 0.750. The Bertz CT molecular complexity index is 1460. The van der Waals surface area contributed by atoms with E-state index in [4.69, 9.17) is 32.7 Å². The summed E-state index contributed by atoms with van der Waals surface area (Å²) in [6.45, 7) is 3.67. The van der Waals surface area contributed by atoms with Gasteiger partial charge in [-0.15, -0.1) is 0 Å². The highest BCUT2D eigenvalue weighted by molar-refractivity contribution is 7.07. The van der Waals surface area contributed by atoms with Crippen LogP contribution in [0.5, 0.6) is 5.75 Å². The van der Waals surface area contributed by atoms with Crippen molar-refractivity contribution in [3.63, 3.8) is 0 Å². The number of fused-ring (bicyclic) bond motifs is 1. The Morgan fingerprint density at radius 1 is 1.21 bits per heavy atom. The molecule has 3 aromatic rings. The number of halogens is 2. The molecule has 0 saturated carbocycles. The molecule has 0 aliphatic carbocycles. The lowest BCUT2D eigenvalue weighted by Crippen LogP contribution is -2.40. The molecule has 2 heterocycles. The minimum absolute atomic E-state index is 0.200. The van der Waals surface area contributed by atoms with Gasteiger partial charge >= 0.3 is 5.97 Å². The van der Waals surface area contributed by atoms with Crippen molar-refractivity contribution in [1.82, 2.24) is 4.57 Å². The maximum Gasteiger partial charge on any atom is 0.338 e. The zero-order chi connectivity index (χ0) is 23.7. The van der Waals surface area contributed by atoms with E-state index in [9.17, 15) is 9.59 Å². The standard InChI is InChI=1S/C24H20Cl2N2O4S/c1-4-32-23(30)19-13(2)27-24-28(21(19)15-9-5-6-11-17(15)31-3)22(29)18(33-24)12-14-8-7-10-16(25)20(14)26/h5-12,21H,4H2,1-3H3/b18-12+/t21-/m0/s1. The molecule has 1 aromatic heterocycles. The molecular weight excluding hydrogens is 483 g/mol. The van der Waals surface area contributed by atoms with E-state index in [1.807, 2.05) is 18.2 Å². The molecule has 4 rings (SSSR count). The van der Waals surface area contributed by atoms with E-state index in [0.717, 1.165) is 0 Å². The van der Waals surface area contributed by atoms with Gasteiger partial charge in [-0.25, -0.2) is 9.79 Å². The van der Waals surface area contributed by atoms with Crippen molar-refractivity contribution >= 4 is 46.6 Å². The van der Waals surface area contributed by atoms with Crippen molar-refractivity contribution in [2.45, 2.75) is 19.9 Å². The van der Waals surface area contributed by atoms with E-state index >= 15 is 0 Å². The molecule has 2 aromatic carbocycles. The van der Waals surface area contributed by atoms with Gasteiger partial charge in [0, 0.05) is 5.56 Å². The minimum Gasteiger partial charge on any atom is -0.496 e.